The maximum absolute atomic E-state index is 12.4. The van der Waals surface area contributed by atoms with E-state index in [9.17, 15) is 9.59 Å². The summed E-state index contributed by atoms with van der Waals surface area (Å²) >= 11 is 1.09. The highest BCUT2D eigenvalue weighted by Crippen LogP contribution is 2.25. The van der Waals surface area contributed by atoms with E-state index in [1.807, 2.05) is 6.92 Å². The molecule has 0 saturated heterocycles. The lowest BCUT2D eigenvalue weighted by Crippen LogP contribution is -2.13. The van der Waals surface area contributed by atoms with Gasteiger partial charge in [0.2, 0.25) is 0 Å². The summed E-state index contributed by atoms with van der Waals surface area (Å²) in [6.45, 7) is 6.05. The Morgan fingerprint density at radius 2 is 1.96 bits per heavy atom. The van der Waals surface area contributed by atoms with Crippen LogP contribution in [0, 0.1) is 6.92 Å². The standard InChI is InChI=1S/C16H18N2O4S/c1-4-21-12-9-7-6-8-11(12)14(19)18-16-17-10(3)13(23-16)15(20)22-5-2/h6-9H,4-5H2,1-3H3,(H,17,18,19). The molecule has 0 unspecified atom stereocenters. The summed E-state index contributed by atoms with van der Waals surface area (Å²) < 4.78 is 10.4. The molecular formula is C16H18N2O4S. The number of nitrogens with zero attached hydrogens (tertiary/aromatic N) is 1. The van der Waals surface area contributed by atoms with Crippen LogP contribution in [-0.2, 0) is 4.74 Å². The van der Waals surface area contributed by atoms with E-state index in [0.717, 1.165) is 11.3 Å². The van der Waals surface area contributed by atoms with Crippen molar-refractivity contribution in [1.82, 2.24) is 4.98 Å². The van der Waals surface area contributed by atoms with Crippen molar-refractivity contribution in [2.45, 2.75) is 20.8 Å². The van der Waals surface area contributed by atoms with Gasteiger partial charge in [-0.25, -0.2) is 9.78 Å². The largest absolute Gasteiger partial charge is 0.493 e. The monoisotopic (exact) mass is 334 g/mol. The quantitative estimate of drug-likeness (QED) is 0.820. The van der Waals surface area contributed by atoms with Crippen molar-refractivity contribution in [2.75, 3.05) is 18.5 Å². The molecule has 1 amide bonds. The van der Waals surface area contributed by atoms with Gasteiger partial charge in [0, 0.05) is 0 Å². The minimum atomic E-state index is -0.433. The number of para-hydroxylation sites is 1. The Bertz CT molecular complexity index is 712. The predicted molar refractivity (Wildman–Crippen MR) is 88.4 cm³/mol. The molecule has 0 atom stereocenters. The predicted octanol–water partition coefficient (Wildman–Crippen LogP) is 3.28. The van der Waals surface area contributed by atoms with Crippen molar-refractivity contribution in [3.63, 3.8) is 0 Å². The number of nitrogens with one attached hydrogen (secondary N) is 1. The molecule has 0 fully saturated rings. The number of carbonyl (C=O) groups is 2. The Balaban J connectivity index is 2.18. The number of hydrogen-bond donors (Lipinski definition) is 1. The number of anilines is 1. The van der Waals surface area contributed by atoms with Crippen LogP contribution in [0.15, 0.2) is 24.3 Å². The van der Waals surface area contributed by atoms with Gasteiger partial charge in [-0.3, -0.25) is 10.1 Å². The average molecular weight is 334 g/mol. The molecule has 7 heteroatoms. The molecule has 0 aliphatic rings. The lowest BCUT2D eigenvalue weighted by Gasteiger charge is -2.08. The zero-order chi connectivity index (χ0) is 16.8. The zero-order valence-electron chi connectivity index (χ0n) is 13.2. The number of aryl methyl sites for hydroxylation is 1. The fourth-order valence-electron chi connectivity index (χ4n) is 1.94. The highest BCUT2D eigenvalue weighted by atomic mass is 32.1. The summed E-state index contributed by atoms with van der Waals surface area (Å²) in [5.74, 6) is -0.262. The highest BCUT2D eigenvalue weighted by Gasteiger charge is 2.19. The molecule has 2 aromatic rings. The van der Waals surface area contributed by atoms with Crippen LogP contribution in [0.2, 0.25) is 0 Å². The number of aromatic nitrogens is 1. The first kappa shape index (κ1) is 17.0. The second kappa shape index (κ2) is 7.73. The molecule has 1 aromatic carbocycles. The van der Waals surface area contributed by atoms with Gasteiger partial charge in [-0.1, -0.05) is 23.5 Å². The van der Waals surface area contributed by atoms with Crippen LogP contribution < -0.4 is 10.1 Å². The summed E-state index contributed by atoms with van der Waals surface area (Å²) in [7, 11) is 0. The Morgan fingerprint density at radius 3 is 2.65 bits per heavy atom. The summed E-state index contributed by atoms with van der Waals surface area (Å²) in [6.07, 6.45) is 0. The average Bonchev–Trinajstić information content (AvgIpc) is 2.89. The number of ether oxygens (including phenoxy) is 2. The van der Waals surface area contributed by atoms with Crippen molar-refractivity contribution in [2.24, 2.45) is 0 Å². The molecule has 122 valence electrons. The maximum atomic E-state index is 12.4. The van der Waals surface area contributed by atoms with Gasteiger partial charge in [0.25, 0.3) is 5.91 Å². The minimum absolute atomic E-state index is 0.291. The molecule has 0 radical (unpaired) electrons. The lowest BCUT2D eigenvalue weighted by atomic mass is 10.2. The van der Waals surface area contributed by atoms with E-state index >= 15 is 0 Å². The highest BCUT2D eigenvalue weighted by molar-refractivity contribution is 7.17. The van der Waals surface area contributed by atoms with Crippen molar-refractivity contribution in [3.8, 4) is 5.75 Å². The van der Waals surface area contributed by atoms with E-state index in [1.54, 1.807) is 38.1 Å². The first-order valence-electron chi connectivity index (χ1n) is 7.24. The van der Waals surface area contributed by atoms with E-state index in [4.69, 9.17) is 9.47 Å². The van der Waals surface area contributed by atoms with E-state index in [1.165, 1.54) is 0 Å². The number of benzene rings is 1. The Morgan fingerprint density at radius 1 is 1.22 bits per heavy atom. The molecule has 2 rings (SSSR count). The fourth-order valence-corrected chi connectivity index (χ4v) is 2.79. The second-order valence-corrected chi connectivity index (χ2v) is 5.54. The Kier molecular flexibility index (Phi) is 5.70. The summed E-state index contributed by atoms with van der Waals surface area (Å²) in [4.78, 5) is 28.8. The van der Waals surface area contributed by atoms with Crippen LogP contribution in [0.3, 0.4) is 0 Å². The van der Waals surface area contributed by atoms with Gasteiger partial charge in [-0.15, -0.1) is 0 Å². The molecule has 1 N–H and O–H groups in total. The summed E-state index contributed by atoms with van der Waals surface area (Å²) in [5.41, 5.74) is 0.946. The maximum Gasteiger partial charge on any atom is 0.350 e. The number of carbonyl (C=O) groups excluding carboxylic acids is 2. The molecule has 0 spiro atoms. The Labute approximate surface area is 138 Å². The number of rotatable bonds is 6. The molecule has 0 aliphatic heterocycles. The smallest absolute Gasteiger partial charge is 0.350 e. The van der Waals surface area contributed by atoms with Crippen LogP contribution in [0.5, 0.6) is 5.75 Å². The van der Waals surface area contributed by atoms with E-state index in [0.29, 0.717) is 40.2 Å². The van der Waals surface area contributed by atoms with Gasteiger partial charge < -0.3 is 9.47 Å². The van der Waals surface area contributed by atoms with Crippen molar-refractivity contribution >= 4 is 28.3 Å². The van der Waals surface area contributed by atoms with Crippen molar-refractivity contribution in [1.29, 1.82) is 0 Å². The fraction of sp³-hybridized carbons (Fsp3) is 0.312. The first-order chi connectivity index (χ1) is 11.1. The summed E-state index contributed by atoms with van der Waals surface area (Å²) in [5, 5.41) is 3.04. The lowest BCUT2D eigenvalue weighted by molar-refractivity contribution is 0.0531. The van der Waals surface area contributed by atoms with Crippen LogP contribution in [0.1, 0.15) is 39.6 Å². The van der Waals surface area contributed by atoms with Gasteiger partial charge in [0.1, 0.15) is 10.6 Å². The third-order valence-electron chi connectivity index (χ3n) is 2.91. The third kappa shape index (κ3) is 4.07. The van der Waals surface area contributed by atoms with Gasteiger partial charge in [-0.2, -0.15) is 0 Å². The topological polar surface area (TPSA) is 77.5 Å². The molecular weight excluding hydrogens is 316 g/mol. The molecule has 1 aromatic heterocycles. The van der Waals surface area contributed by atoms with Gasteiger partial charge in [-0.05, 0) is 32.9 Å². The van der Waals surface area contributed by atoms with Crippen LogP contribution in [-0.4, -0.2) is 30.1 Å². The minimum Gasteiger partial charge on any atom is -0.493 e. The van der Waals surface area contributed by atoms with Crippen LogP contribution in [0.4, 0.5) is 5.13 Å². The summed E-state index contributed by atoms with van der Waals surface area (Å²) in [6, 6.07) is 6.96. The SMILES string of the molecule is CCOC(=O)c1sc(NC(=O)c2ccccc2OCC)nc1C. The van der Waals surface area contributed by atoms with Crippen LogP contribution >= 0.6 is 11.3 Å². The normalized spacial score (nSPS) is 10.2. The van der Waals surface area contributed by atoms with E-state index in [2.05, 4.69) is 10.3 Å². The Hall–Kier alpha value is -2.41. The molecule has 1 heterocycles. The second-order valence-electron chi connectivity index (χ2n) is 4.54. The number of esters is 1. The molecule has 0 saturated carbocycles. The van der Waals surface area contributed by atoms with Crippen LogP contribution in [0.25, 0.3) is 0 Å². The number of hydrogen-bond acceptors (Lipinski definition) is 6. The molecule has 0 bridgehead atoms. The van der Waals surface area contributed by atoms with E-state index < -0.39 is 5.97 Å². The molecule has 6 nitrogen and oxygen atoms in total. The molecule has 0 aliphatic carbocycles. The number of amides is 1. The van der Waals surface area contributed by atoms with Gasteiger partial charge in [0.05, 0.1) is 24.5 Å². The zero-order valence-corrected chi connectivity index (χ0v) is 14.0. The van der Waals surface area contributed by atoms with Gasteiger partial charge in [0.15, 0.2) is 5.13 Å². The number of thiazole rings is 1. The van der Waals surface area contributed by atoms with Crippen molar-refractivity contribution in [3.05, 3.63) is 40.4 Å². The molecule has 23 heavy (non-hydrogen) atoms. The first-order valence-corrected chi connectivity index (χ1v) is 8.06. The third-order valence-corrected chi connectivity index (χ3v) is 3.96. The van der Waals surface area contributed by atoms with E-state index in [-0.39, 0.29) is 5.91 Å². The van der Waals surface area contributed by atoms with Gasteiger partial charge >= 0.3 is 5.97 Å². The van der Waals surface area contributed by atoms with Crippen molar-refractivity contribution < 1.29 is 19.1 Å².